The number of aromatic nitrogens is 2. The van der Waals surface area contributed by atoms with Crippen molar-refractivity contribution in [2.75, 3.05) is 0 Å². The molecule has 1 aromatic heterocycles. The summed E-state index contributed by atoms with van der Waals surface area (Å²) >= 11 is 0. The summed E-state index contributed by atoms with van der Waals surface area (Å²) in [5.41, 5.74) is 1.52. The van der Waals surface area contributed by atoms with E-state index in [0.717, 1.165) is 17.7 Å². The maximum atomic E-state index is 11.8. The Morgan fingerprint density at radius 3 is 2.50 bits per heavy atom. The van der Waals surface area contributed by atoms with Gasteiger partial charge in [-0.2, -0.15) is 0 Å². The summed E-state index contributed by atoms with van der Waals surface area (Å²) < 4.78 is 0. The van der Waals surface area contributed by atoms with Crippen molar-refractivity contribution in [2.45, 2.75) is 53.1 Å². The third kappa shape index (κ3) is 2.92. The van der Waals surface area contributed by atoms with E-state index in [2.05, 4.69) is 29.1 Å². The minimum absolute atomic E-state index is 0.0340. The van der Waals surface area contributed by atoms with E-state index in [1.807, 2.05) is 13.8 Å². The fourth-order valence-corrected chi connectivity index (χ4v) is 1.87. The van der Waals surface area contributed by atoms with Crippen molar-refractivity contribution in [2.24, 2.45) is 0 Å². The third-order valence-electron chi connectivity index (χ3n) is 2.84. The van der Waals surface area contributed by atoms with Crippen LogP contribution in [0.2, 0.25) is 0 Å². The number of aromatic amines is 1. The molecule has 0 saturated carbocycles. The molecule has 0 aliphatic carbocycles. The molecule has 0 aliphatic heterocycles. The first-order chi connectivity index (χ1) is 7.45. The Balaban J connectivity index is 3.00. The van der Waals surface area contributed by atoms with E-state index in [9.17, 15) is 4.79 Å². The van der Waals surface area contributed by atoms with Crippen LogP contribution in [-0.2, 0) is 0 Å². The van der Waals surface area contributed by atoms with E-state index in [-0.39, 0.29) is 11.6 Å². The van der Waals surface area contributed by atoms with Crippen molar-refractivity contribution in [3.8, 4) is 0 Å². The van der Waals surface area contributed by atoms with Crippen molar-refractivity contribution >= 4 is 0 Å². The fraction of sp³-hybridized carbons (Fsp3) is 0.667. The van der Waals surface area contributed by atoms with E-state index in [1.165, 1.54) is 0 Å². The topological polar surface area (TPSA) is 57.8 Å². The smallest absolute Gasteiger partial charge is 0.255 e. The molecule has 16 heavy (non-hydrogen) atoms. The predicted octanol–water partition coefficient (Wildman–Crippen LogP) is 1.84. The van der Waals surface area contributed by atoms with E-state index in [1.54, 1.807) is 6.92 Å². The van der Waals surface area contributed by atoms with Gasteiger partial charge in [0, 0.05) is 17.8 Å². The first-order valence-corrected chi connectivity index (χ1v) is 5.79. The molecule has 1 aromatic rings. The van der Waals surface area contributed by atoms with Crippen molar-refractivity contribution in [1.29, 1.82) is 0 Å². The highest BCUT2D eigenvalue weighted by Crippen LogP contribution is 2.12. The monoisotopic (exact) mass is 223 g/mol. The van der Waals surface area contributed by atoms with Crippen LogP contribution >= 0.6 is 0 Å². The zero-order valence-electron chi connectivity index (χ0n) is 10.7. The third-order valence-corrected chi connectivity index (χ3v) is 2.84. The number of rotatable bonds is 4. The molecule has 0 aliphatic rings. The lowest BCUT2D eigenvalue weighted by molar-refractivity contribution is 0.464. The second-order valence-corrected chi connectivity index (χ2v) is 4.35. The molecule has 0 spiro atoms. The minimum atomic E-state index is -0.0340. The maximum Gasteiger partial charge on any atom is 0.255 e. The largest absolute Gasteiger partial charge is 0.310 e. The molecule has 0 amide bonds. The van der Waals surface area contributed by atoms with Crippen LogP contribution in [0, 0.1) is 13.8 Å². The van der Waals surface area contributed by atoms with E-state index in [0.29, 0.717) is 11.9 Å². The summed E-state index contributed by atoms with van der Waals surface area (Å²) in [5, 5.41) is 3.39. The zero-order chi connectivity index (χ0) is 12.3. The Labute approximate surface area is 96.5 Å². The zero-order valence-corrected chi connectivity index (χ0v) is 10.7. The van der Waals surface area contributed by atoms with Crippen LogP contribution < -0.4 is 10.9 Å². The first-order valence-electron chi connectivity index (χ1n) is 5.79. The Morgan fingerprint density at radius 2 is 2.00 bits per heavy atom. The van der Waals surface area contributed by atoms with Crippen LogP contribution in [0.15, 0.2) is 4.79 Å². The van der Waals surface area contributed by atoms with Crippen LogP contribution in [0.3, 0.4) is 0 Å². The van der Waals surface area contributed by atoms with Crippen molar-refractivity contribution in [1.82, 2.24) is 15.3 Å². The SMILES string of the molecule is CCC(C)NC(C)c1c(C)nc(C)[nH]c1=O. The molecule has 1 heterocycles. The molecular formula is C12H21N3O. The molecule has 4 heteroatoms. The van der Waals surface area contributed by atoms with Gasteiger partial charge in [-0.05, 0) is 34.1 Å². The van der Waals surface area contributed by atoms with Gasteiger partial charge in [0.15, 0.2) is 0 Å². The Morgan fingerprint density at radius 1 is 1.38 bits per heavy atom. The average molecular weight is 223 g/mol. The first kappa shape index (κ1) is 12.9. The second kappa shape index (κ2) is 5.25. The van der Waals surface area contributed by atoms with Gasteiger partial charge in [-0.15, -0.1) is 0 Å². The normalized spacial score (nSPS) is 14.8. The Bertz CT molecular complexity index is 411. The van der Waals surface area contributed by atoms with Crippen LogP contribution in [0.4, 0.5) is 0 Å². The number of H-pyrrole nitrogens is 1. The molecule has 2 N–H and O–H groups in total. The molecule has 0 radical (unpaired) electrons. The van der Waals surface area contributed by atoms with Gasteiger partial charge < -0.3 is 10.3 Å². The molecule has 0 fully saturated rings. The van der Waals surface area contributed by atoms with Crippen molar-refractivity contribution in [3.05, 3.63) is 27.4 Å². The van der Waals surface area contributed by atoms with Crippen molar-refractivity contribution in [3.63, 3.8) is 0 Å². The average Bonchev–Trinajstić information content (AvgIpc) is 2.15. The molecule has 90 valence electrons. The highest BCUT2D eigenvalue weighted by atomic mass is 16.1. The van der Waals surface area contributed by atoms with Gasteiger partial charge in [-0.1, -0.05) is 6.92 Å². The lowest BCUT2D eigenvalue weighted by Gasteiger charge is -2.19. The molecule has 2 atom stereocenters. The minimum Gasteiger partial charge on any atom is -0.310 e. The predicted molar refractivity (Wildman–Crippen MR) is 65.6 cm³/mol. The van der Waals surface area contributed by atoms with Crippen LogP contribution in [0.5, 0.6) is 0 Å². The molecule has 0 aromatic carbocycles. The summed E-state index contributed by atoms with van der Waals surface area (Å²) in [5.74, 6) is 0.669. The van der Waals surface area contributed by atoms with Crippen LogP contribution in [0.1, 0.15) is 50.3 Å². The highest BCUT2D eigenvalue weighted by molar-refractivity contribution is 5.20. The quantitative estimate of drug-likeness (QED) is 0.818. The van der Waals surface area contributed by atoms with Gasteiger partial charge in [0.1, 0.15) is 5.82 Å². The summed E-state index contributed by atoms with van der Waals surface area (Å²) in [6.07, 6.45) is 1.04. The molecule has 0 bridgehead atoms. The van der Waals surface area contributed by atoms with Gasteiger partial charge in [0.05, 0.1) is 5.56 Å². The summed E-state index contributed by atoms with van der Waals surface area (Å²) in [6, 6.07) is 0.432. The number of nitrogens with one attached hydrogen (secondary N) is 2. The van der Waals surface area contributed by atoms with Crippen LogP contribution in [-0.4, -0.2) is 16.0 Å². The van der Waals surface area contributed by atoms with Gasteiger partial charge in [0.25, 0.3) is 5.56 Å². The van der Waals surface area contributed by atoms with Gasteiger partial charge in [-0.25, -0.2) is 4.98 Å². The Kier molecular flexibility index (Phi) is 4.24. The number of hydrogen-bond donors (Lipinski definition) is 2. The standard InChI is InChI=1S/C12H21N3O/c1-6-7(2)13-8(3)11-9(4)14-10(5)15-12(11)16/h7-8,13H,6H2,1-5H3,(H,14,15,16). The number of aryl methyl sites for hydroxylation is 2. The molecule has 2 unspecified atom stereocenters. The lowest BCUT2D eigenvalue weighted by atomic mass is 10.1. The summed E-state index contributed by atoms with van der Waals surface area (Å²) in [7, 11) is 0. The maximum absolute atomic E-state index is 11.8. The van der Waals surface area contributed by atoms with Crippen LogP contribution in [0.25, 0.3) is 0 Å². The van der Waals surface area contributed by atoms with Gasteiger partial charge in [-0.3, -0.25) is 4.79 Å². The summed E-state index contributed by atoms with van der Waals surface area (Å²) in [6.45, 7) is 9.91. The second-order valence-electron chi connectivity index (χ2n) is 4.35. The van der Waals surface area contributed by atoms with E-state index >= 15 is 0 Å². The number of hydrogen-bond acceptors (Lipinski definition) is 3. The van der Waals surface area contributed by atoms with Gasteiger partial charge in [0.2, 0.25) is 0 Å². The Hall–Kier alpha value is -1.16. The van der Waals surface area contributed by atoms with E-state index in [4.69, 9.17) is 0 Å². The van der Waals surface area contributed by atoms with Gasteiger partial charge >= 0.3 is 0 Å². The van der Waals surface area contributed by atoms with Crippen molar-refractivity contribution < 1.29 is 0 Å². The molecule has 4 nitrogen and oxygen atoms in total. The highest BCUT2D eigenvalue weighted by Gasteiger charge is 2.15. The molecular weight excluding hydrogens is 202 g/mol. The summed E-state index contributed by atoms with van der Waals surface area (Å²) in [4.78, 5) is 18.9. The fourth-order valence-electron chi connectivity index (χ4n) is 1.87. The van der Waals surface area contributed by atoms with E-state index < -0.39 is 0 Å². The number of nitrogens with zero attached hydrogens (tertiary/aromatic N) is 1. The lowest BCUT2D eigenvalue weighted by Crippen LogP contribution is -2.33. The molecule has 0 saturated heterocycles. The molecule has 1 rings (SSSR count).